The van der Waals surface area contributed by atoms with Gasteiger partial charge in [0.25, 0.3) is 5.95 Å². The second-order valence-electron chi connectivity index (χ2n) is 7.99. The normalized spacial score (nSPS) is 12.1. The average Bonchev–Trinajstić information content (AvgIpc) is 2.83. The lowest BCUT2D eigenvalue weighted by Crippen LogP contribution is -2.30. The molecule has 0 aliphatic carbocycles. The molecule has 11 nitrogen and oxygen atoms in total. The summed E-state index contributed by atoms with van der Waals surface area (Å²) >= 11 is 0. The number of anilines is 4. The van der Waals surface area contributed by atoms with Crippen LogP contribution in [-0.2, 0) is 10.0 Å². The van der Waals surface area contributed by atoms with E-state index in [1.165, 1.54) is 12.1 Å². The number of alkyl halides is 3. The third-order valence-electron chi connectivity index (χ3n) is 5.00. The Kier molecular flexibility index (Phi) is 11.3. The van der Waals surface area contributed by atoms with Crippen molar-refractivity contribution < 1.29 is 21.6 Å². The van der Waals surface area contributed by atoms with Crippen LogP contribution in [0.15, 0.2) is 28.4 Å². The average molecular weight is 546 g/mol. The van der Waals surface area contributed by atoms with E-state index in [-0.39, 0.29) is 29.2 Å². The van der Waals surface area contributed by atoms with Crippen molar-refractivity contribution in [3.8, 4) is 0 Å². The van der Waals surface area contributed by atoms with E-state index in [4.69, 9.17) is 0 Å². The number of hydrogen-bond donors (Lipinski definition) is 3. The van der Waals surface area contributed by atoms with Gasteiger partial charge in [-0.1, -0.05) is 26.7 Å². The summed E-state index contributed by atoms with van der Waals surface area (Å²) in [4.78, 5) is 14.4. The predicted octanol–water partition coefficient (Wildman–Crippen LogP) is 5.82. The Labute approximate surface area is 215 Å². The van der Waals surface area contributed by atoms with Gasteiger partial charge in [0.2, 0.25) is 11.9 Å². The van der Waals surface area contributed by atoms with Crippen molar-refractivity contribution in [3.05, 3.63) is 18.2 Å². The second-order valence-corrected chi connectivity index (χ2v) is 9.66. The zero-order valence-corrected chi connectivity index (χ0v) is 22.2. The molecule has 1 aromatic heterocycles. The van der Waals surface area contributed by atoms with Crippen LogP contribution in [0.5, 0.6) is 0 Å². The number of hydrogen-bond acceptors (Lipinski definition) is 10. The number of azo groups is 1. The minimum Gasteiger partial charge on any atom is -0.371 e. The smallest absolute Gasteiger partial charge is 0.371 e. The Morgan fingerprint density at radius 3 is 1.95 bits per heavy atom. The predicted molar refractivity (Wildman–Crippen MR) is 139 cm³/mol. The Balaban J connectivity index is 2.53. The molecule has 15 heteroatoms. The highest BCUT2D eigenvalue weighted by Crippen LogP contribution is 2.35. The third-order valence-corrected chi connectivity index (χ3v) is 6.10. The molecular weight excluding hydrogens is 511 g/mol. The van der Waals surface area contributed by atoms with Crippen molar-refractivity contribution in [3.63, 3.8) is 0 Å². The number of aromatic nitrogens is 3. The second kappa shape index (κ2) is 13.9. The number of sulfonamides is 1. The van der Waals surface area contributed by atoms with Crippen molar-refractivity contribution in [2.24, 2.45) is 10.2 Å². The monoisotopic (exact) mass is 545 g/mol. The Morgan fingerprint density at radius 2 is 1.46 bits per heavy atom. The van der Waals surface area contributed by atoms with Crippen molar-refractivity contribution in [1.29, 1.82) is 0 Å². The lowest BCUT2D eigenvalue weighted by Gasteiger charge is -2.25. The highest BCUT2D eigenvalue weighted by Gasteiger charge is 2.46. The molecule has 37 heavy (non-hydrogen) atoms. The van der Waals surface area contributed by atoms with Crippen LogP contribution in [0.3, 0.4) is 0 Å². The summed E-state index contributed by atoms with van der Waals surface area (Å²) in [6, 6.07) is 4.42. The summed E-state index contributed by atoms with van der Waals surface area (Å²) in [6.07, 6.45) is 3.60. The first kappa shape index (κ1) is 30.0. The lowest BCUT2D eigenvalue weighted by molar-refractivity contribution is -0.0429. The van der Waals surface area contributed by atoms with Crippen LogP contribution in [-0.4, -0.2) is 55.1 Å². The number of rotatable bonds is 15. The van der Waals surface area contributed by atoms with Crippen LogP contribution in [0.1, 0.15) is 53.4 Å². The van der Waals surface area contributed by atoms with E-state index in [2.05, 4.69) is 35.8 Å². The van der Waals surface area contributed by atoms with Crippen molar-refractivity contribution in [1.82, 2.24) is 15.0 Å². The van der Waals surface area contributed by atoms with Gasteiger partial charge in [0, 0.05) is 31.9 Å². The van der Waals surface area contributed by atoms with Gasteiger partial charge in [-0.2, -0.15) is 36.5 Å². The highest BCUT2D eigenvalue weighted by molar-refractivity contribution is 7.93. The van der Waals surface area contributed by atoms with Crippen LogP contribution in [0.4, 0.5) is 48.1 Å². The van der Waals surface area contributed by atoms with Crippen LogP contribution in [0.25, 0.3) is 0 Å². The lowest BCUT2D eigenvalue weighted by atomic mass is 10.2. The number of nitrogens with zero attached hydrogens (tertiary/aromatic N) is 6. The molecule has 0 aliphatic rings. The molecule has 0 unspecified atom stereocenters. The SMILES string of the molecule is CCCCN(CCCC)c1ccc(N=Nc2nc(NCC)nc(NCC)n2)c(NS(=O)(=O)C(F)(F)F)c1. The molecule has 0 radical (unpaired) electrons. The first-order chi connectivity index (χ1) is 17.5. The van der Waals surface area contributed by atoms with Gasteiger partial charge in [0.05, 0.1) is 5.69 Å². The molecule has 1 heterocycles. The number of halogens is 3. The molecule has 2 rings (SSSR count). The van der Waals surface area contributed by atoms with E-state index in [0.29, 0.717) is 31.9 Å². The molecule has 206 valence electrons. The summed E-state index contributed by atoms with van der Waals surface area (Å²) in [5.74, 6) is 0.361. The minimum absolute atomic E-state index is 0.108. The third kappa shape index (κ3) is 8.98. The molecule has 0 amide bonds. The van der Waals surface area contributed by atoms with E-state index in [0.717, 1.165) is 25.7 Å². The molecule has 1 aromatic carbocycles. The molecule has 3 N–H and O–H groups in total. The molecule has 0 atom stereocenters. The molecule has 0 bridgehead atoms. The van der Waals surface area contributed by atoms with E-state index >= 15 is 0 Å². The molecule has 0 saturated heterocycles. The number of nitrogens with one attached hydrogen (secondary N) is 3. The topological polar surface area (TPSA) is 137 Å². The Hall–Kier alpha value is -3.23. The fourth-order valence-corrected chi connectivity index (χ4v) is 3.71. The number of benzene rings is 1. The minimum atomic E-state index is -5.69. The summed E-state index contributed by atoms with van der Waals surface area (Å²) in [5.41, 5.74) is -5.41. The van der Waals surface area contributed by atoms with Crippen LogP contribution in [0.2, 0.25) is 0 Å². The first-order valence-corrected chi connectivity index (χ1v) is 13.7. The molecule has 0 fully saturated rings. The molecule has 2 aromatic rings. The maximum Gasteiger partial charge on any atom is 0.516 e. The zero-order chi connectivity index (χ0) is 27.5. The summed E-state index contributed by atoms with van der Waals surface area (Å²) in [7, 11) is -5.69. The van der Waals surface area contributed by atoms with Gasteiger partial charge >= 0.3 is 15.5 Å². The summed E-state index contributed by atoms with van der Waals surface area (Å²) in [6.45, 7) is 10.2. The van der Waals surface area contributed by atoms with Gasteiger partial charge in [0.15, 0.2) is 0 Å². The highest BCUT2D eigenvalue weighted by atomic mass is 32.2. The Morgan fingerprint density at radius 1 is 0.892 bits per heavy atom. The largest absolute Gasteiger partial charge is 0.516 e. The maximum atomic E-state index is 13.2. The molecule has 0 spiro atoms. The standard InChI is InChI=1S/C22H34F3N9O2S/c1-5-9-13-34(14-10-6-2)16-11-12-17(18(15-16)33-37(35,36)22(23,24)25)31-32-21-29-19(26-7-3)28-20(30-21)27-8-4/h11-12,15,33H,5-10,13-14H2,1-4H3,(H2,26,27,28,29,30). The summed E-state index contributed by atoms with van der Waals surface area (Å²) in [5, 5.41) is 13.8. The van der Waals surface area contributed by atoms with E-state index < -0.39 is 15.5 Å². The van der Waals surface area contributed by atoms with E-state index in [9.17, 15) is 21.6 Å². The van der Waals surface area contributed by atoms with Gasteiger partial charge in [-0.15, -0.1) is 10.2 Å². The van der Waals surface area contributed by atoms with Crippen LogP contribution >= 0.6 is 0 Å². The maximum absolute atomic E-state index is 13.2. The fraction of sp³-hybridized carbons (Fsp3) is 0.591. The van der Waals surface area contributed by atoms with Gasteiger partial charge in [-0.05, 0) is 44.9 Å². The van der Waals surface area contributed by atoms with Crippen molar-refractivity contribution >= 4 is 44.9 Å². The Bertz CT molecular complexity index is 1110. The van der Waals surface area contributed by atoms with Gasteiger partial charge in [-0.3, -0.25) is 4.72 Å². The first-order valence-electron chi connectivity index (χ1n) is 12.2. The number of unbranched alkanes of at least 4 members (excludes halogenated alkanes) is 2. The van der Waals surface area contributed by atoms with Crippen LogP contribution in [0, 0.1) is 0 Å². The van der Waals surface area contributed by atoms with Crippen molar-refractivity contribution in [2.45, 2.75) is 58.9 Å². The fourth-order valence-electron chi connectivity index (χ4n) is 3.14. The van der Waals surface area contributed by atoms with Gasteiger partial charge in [-0.25, -0.2) is 0 Å². The summed E-state index contributed by atoms with van der Waals surface area (Å²) < 4.78 is 65.0. The van der Waals surface area contributed by atoms with E-state index in [1.54, 1.807) is 10.8 Å². The van der Waals surface area contributed by atoms with Gasteiger partial charge < -0.3 is 15.5 Å². The molecule has 0 saturated carbocycles. The van der Waals surface area contributed by atoms with Gasteiger partial charge in [0.1, 0.15) is 5.69 Å². The molecular formula is C22H34F3N9O2S. The quantitative estimate of drug-likeness (QED) is 0.238. The van der Waals surface area contributed by atoms with Crippen molar-refractivity contribution in [2.75, 3.05) is 46.4 Å². The van der Waals surface area contributed by atoms with Crippen LogP contribution < -0.4 is 20.3 Å². The van der Waals surface area contributed by atoms with E-state index in [1.807, 2.05) is 32.6 Å². The molecule has 0 aliphatic heterocycles. The zero-order valence-electron chi connectivity index (χ0n) is 21.4.